The number of aliphatic carboxylic acids is 1. The highest BCUT2D eigenvalue weighted by Gasteiger charge is 2.47. The van der Waals surface area contributed by atoms with E-state index in [2.05, 4.69) is 0 Å². The molecular weight excluding hydrogens is 274 g/mol. The van der Waals surface area contributed by atoms with Crippen LogP contribution in [-0.4, -0.2) is 40.1 Å². The fourth-order valence-corrected chi connectivity index (χ4v) is 3.33. The SMILES string of the molecule is CC(C)C[C@@H](CC(=O)O)C(=O)N1C(=O)O[C@@H]2CCCC[C@H]21. The number of fused-ring (bicyclic) bond motifs is 1. The monoisotopic (exact) mass is 297 g/mol. The van der Waals surface area contributed by atoms with E-state index < -0.39 is 18.0 Å². The number of carbonyl (C=O) groups excluding carboxylic acids is 2. The zero-order valence-electron chi connectivity index (χ0n) is 12.6. The van der Waals surface area contributed by atoms with E-state index in [1.54, 1.807) is 0 Å². The number of rotatable bonds is 5. The second kappa shape index (κ2) is 6.45. The van der Waals surface area contributed by atoms with Gasteiger partial charge in [-0.2, -0.15) is 0 Å². The molecule has 1 aliphatic carbocycles. The Balaban J connectivity index is 2.14. The Labute approximate surface area is 124 Å². The molecule has 21 heavy (non-hydrogen) atoms. The topological polar surface area (TPSA) is 83.9 Å². The van der Waals surface area contributed by atoms with E-state index in [0.717, 1.165) is 25.7 Å². The maximum Gasteiger partial charge on any atom is 0.417 e. The lowest BCUT2D eigenvalue weighted by molar-refractivity contribution is -0.144. The fraction of sp³-hybridized carbons (Fsp3) is 0.800. The Hall–Kier alpha value is -1.59. The number of hydrogen-bond acceptors (Lipinski definition) is 4. The molecule has 2 aliphatic rings. The molecule has 2 amide bonds. The maximum atomic E-state index is 12.6. The smallest absolute Gasteiger partial charge is 0.417 e. The molecule has 6 nitrogen and oxygen atoms in total. The predicted octanol–water partition coefficient (Wildman–Crippen LogP) is 2.41. The lowest BCUT2D eigenvalue weighted by Gasteiger charge is -2.29. The van der Waals surface area contributed by atoms with Gasteiger partial charge in [0.25, 0.3) is 0 Å². The summed E-state index contributed by atoms with van der Waals surface area (Å²) in [4.78, 5) is 36.8. The van der Waals surface area contributed by atoms with Crippen molar-refractivity contribution in [2.45, 2.75) is 64.5 Å². The normalized spacial score (nSPS) is 26.4. The average Bonchev–Trinajstić information content (AvgIpc) is 2.71. The van der Waals surface area contributed by atoms with Crippen molar-refractivity contribution in [1.82, 2.24) is 4.90 Å². The standard InChI is InChI=1S/C15H23NO5/c1-9(2)7-10(8-13(17)18)14(19)16-11-5-3-4-6-12(11)21-15(16)20/h9-12H,3-8H2,1-2H3,(H,17,18)/t10-,11+,12+/m0/s1. The molecule has 1 aliphatic heterocycles. The number of amides is 2. The van der Waals surface area contributed by atoms with Crippen molar-refractivity contribution >= 4 is 18.0 Å². The molecule has 2 fully saturated rings. The van der Waals surface area contributed by atoms with Gasteiger partial charge in [0.15, 0.2) is 0 Å². The largest absolute Gasteiger partial charge is 0.481 e. The van der Waals surface area contributed by atoms with Gasteiger partial charge in [0.1, 0.15) is 6.10 Å². The minimum Gasteiger partial charge on any atom is -0.481 e. The summed E-state index contributed by atoms with van der Waals surface area (Å²) in [5.74, 6) is -1.86. The molecule has 6 heteroatoms. The van der Waals surface area contributed by atoms with Crippen LogP contribution in [-0.2, 0) is 14.3 Å². The van der Waals surface area contributed by atoms with Crippen LogP contribution in [0.25, 0.3) is 0 Å². The van der Waals surface area contributed by atoms with Crippen molar-refractivity contribution < 1.29 is 24.2 Å². The second-order valence-corrected chi connectivity index (χ2v) is 6.41. The first-order valence-corrected chi connectivity index (χ1v) is 7.65. The summed E-state index contributed by atoms with van der Waals surface area (Å²) in [5.41, 5.74) is 0. The first-order valence-electron chi connectivity index (χ1n) is 7.65. The first-order chi connectivity index (χ1) is 9.90. The van der Waals surface area contributed by atoms with E-state index >= 15 is 0 Å². The third-order valence-corrected chi connectivity index (χ3v) is 4.21. The van der Waals surface area contributed by atoms with Gasteiger partial charge in [0, 0.05) is 5.92 Å². The van der Waals surface area contributed by atoms with Crippen LogP contribution in [0.1, 0.15) is 52.4 Å². The van der Waals surface area contributed by atoms with Gasteiger partial charge in [-0.15, -0.1) is 0 Å². The Morgan fingerprint density at radius 2 is 2.00 bits per heavy atom. The van der Waals surface area contributed by atoms with E-state index in [9.17, 15) is 14.4 Å². The van der Waals surface area contributed by atoms with Crippen molar-refractivity contribution in [3.63, 3.8) is 0 Å². The number of ether oxygens (including phenoxy) is 1. The molecule has 0 bridgehead atoms. The molecule has 1 heterocycles. The molecule has 0 aromatic heterocycles. The molecule has 0 spiro atoms. The van der Waals surface area contributed by atoms with Crippen molar-refractivity contribution in [2.24, 2.45) is 11.8 Å². The van der Waals surface area contributed by atoms with Gasteiger partial charge in [0.05, 0.1) is 12.5 Å². The highest BCUT2D eigenvalue weighted by molar-refractivity contribution is 5.96. The summed E-state index contributed by atoms with van der Waals surface area (Å²) < 4.78 is 5.28. The van der Waals surface area contributed by atoms with Gasteiger partial charge in [-0.3, -0.25) is 9.59 Å². The van der Waals surface area contributed by atoms with Gasteiger partial charge in [-0.05, 0) is 31.6 Å². The second-order valence-electron chi connectivity index (χ2n) is 6.41. The van der Waals surface area contributed by atoms with Gasteiger partial charge < -0.3 is 9.84 Å². The molecule has 0 aromatic rings. The van der Waals surface area contributed by atoms with Crippen LogP contribution in [0.3, 0.4) is 0 Å². The van der Waals surface area contributed by atoms with Gasteiger partial charge in [-0.25, -0.2) is 9.69 Å². The van der Waals surface area contributed by atoms with Crippen LogP contribution in [0, 0.1) is 11.8 Å². The Morgan fingerprint density at radius 3 is 2.62 bits per heavy atom. The van der Waals surface area contributed by atoms with Crippen molar-refractivity contribution in [3.05, 3.63) is 0 Å². The summed E-state index contributed by atoms with van der Waals surface area (Å²) >= 11 is 0. The quantitative estimate of drug-likeness (QED) is 0.842. The van der Waals surface area contributed by atoms with Crippen LogP contribution in [0.5, 0.6) is 0 Å². The van der Waals surface area contributed by atoms with Gasteiger partial charge in [-0.1, -0.05) is 20.3 Å². The van der Waals surface area contributed by atoms with Crippen LogP contribution in [0.2, 0.25) is 0 Å². The van der Waals surface area contributed by atoms with E-state index in [-0.39, 0.29) is 30.4 Å². The highest BCUT2D eigenvalue weighted by Crippen LogP contribution is 2.34. The zero-order valence-corrected chi connectivity index (χ0v) is 12.6. The molecule has 1 N–H and O–H groups in total. The van der Waals surface area contributed by atoms with Crippen LogP contribution < -0.4 is 0 Å². The molecule has 2 rings (SSSR count). The molecule has 118 valence electrons. The molecule has 3 atom stereocenters. The zero-order chi connectivity index (χ0) is 15.6. The molecule has 1 saturated carbocycles. The van der Waals surface area contributed by atoms with E-state index in [1.807, 2.05) is 13.8 Å². The summed E-state index contributed by atoms with van der Waals surface area (Å²) in [5, 5.41) is 9.00. The van der Waals surface area contributed by atoms with Crippen LogP contribution in [0.15, 0.2) is 0 Å². The van der Waals surface area contributed by atoms with Crippen molar-refractivity contribution in [1.29, 1.82) is 0 Å². The van der Waals surface area contributed by atoms with Crippen LogP contribution >= 0.6 is 0 Å². The van der Waals surface area contributed by atoms with E-state index in [4.69, 9.17) is 9.84 Å². The lowest BCUT2D eigenvalue weighted by Crippen LogP contribution is -2.45. The van der Waals surface area contributed by atoms with Crippen molar-refractivity contribution in [3.8, 4) is 0 Å². The van der Waals surface area contributed by atoms with Crippen molar-refractivity contribution in [2.75, 3.05) is 0 Å². The Bertz CT molecular complexity index is 434. The van der Waals surface area contributed by atoms with Crippen LogP contribution in [0.4, 0.5) is 4.79 Å². The molecule has 0 aromatic carbocycles. The molecule has 0 radical (unpaired) electrons. The average molecular weight is 297 g/mol. The summed E-state index contributed by atoms with van der Waals surface area (Å²) in [7, 11) is 0. The minimum absolute atomic E-state index is 0.194. The Kier molecular flexibility index (Phi) is 4.85. The lowest BCUT2D eigenvalue weighted by atomic mass is 9.89. The number of imide groups is 1. The molecular formula is C15H23NO5. The number of carboxylic acid groups (broad SMARTS) is 1. The summed E-state index contributed by atoms with van der Waals surface area (Å²) in [6.07, 6.45) is 2.93. The third kappa shape index (κ3) is 3.54. The summed E-state index contributed by atoms with van der Waals surface area (Å²) in [6, 6.07) is -0.206. The number of carboxylic acids is 1. The molecule has 1 saturated heterocycles. The minimum atomic E-state index is -1.01. The van der Waals surface area contributed by atoms with Gasteiger partial charge >= 0.3 is 12.1 Å². The fourth-order valence-electron chi connectivity index (χ4n) is 3.33. The number of hydrogen-bond donors (Lipinski definition) is 1. The number of nitrogens with zero attached hydrogens (tertiary/aromatic N) is 1. The molecule has 0 unspecified atom stereocenters. The number of carbonyl (C=O) groups is 3. The maximum absolute atomic E-state index is 12.6. The third-order valence-electron chi connectivity index (χ3n) is 4.21. The predicted molar refractivity (Wildman–Crippen MR) is 74.6 cm³/mol. The van der Waals surface area contributed by atoms with E-state index in [1.165, 1.54) is 4.90 Å². The summed E-state index contributed by atoms with van der Waals surface area (Å²) in [6.45, 7) is 3.88. The highest BCUT2D eigenvalue weighted by atomic mass is 16.6. The Morgan fingerprint density at radius 1 is 1.33 bits per heavy atom. The first kappa shape index (κ1) is 15.8. The van der Waals surface area contributed by atoms with E-state index in [0.29, 0.717) is 6.42 Å². The van der Waals surface area contributed by atoms with Gasteiger partial charge in [0.2, 0.25) is 5.91 Å².